The zero-order chi connectivity index (χ0) is 12.8. The summed E-state index contributed by atoms with van der Waals surface area (Å²) >= 11 is 9.13. The fourth-order valence-electron chi connectivity index (χ4n) is 2.83. The van der Waals surface area contributed by atoms with Gasteiger partial charge in [0, 0.05) is 23.2 Å². The van der Waals surface area contributed by atoms with Gasteiger partial charge in [-0.2, -0.15) is 0 Å². The summed E-state index contributed by atoms with van der Waals surface area (Å²) in [6.07, 6.45) is 5.27. The van der Waals surface area contributed by atoms with Crippen molar-refractivity contribution in [2.45, 2.75) is 25.7 Å². The highest BCUT2D eigenvalue weighted by atomic mass is 79.9. The first-order valence-corrected chi connectivity index (χ1v) is 7.51. The number of hydrogen-bond acceptors (Lipinski definition) is 2. The highest BCUT2D eigenvalue weighted by Crippen LogP contribution is 2.54. The minimum absolute atomic E-state index is 0.371. The van der Waals surface area contributed by atoms with Gasteiger partial charge >= 0.3 is 0 Å². The van der Waals surface area contributed by atoms with Crippen LogP contribution in [0, 0.1) is 5.41 Å². The molecule has 0 bridgehead atoms. The second-order valence-electron chi connectivity index (χ2n) is 5.42. The molecule has 1 saturated carbocycles. The zero-order valence-electron chi connectivity index (χ0n) is 10.1. The van der Waals surface area contributed by atoms with E-state index in [4.69, 9.17) is 11.6 Å². The number of hydrogen-bond donors (Lipinski definition) is 0. The van der Waals surface area contributed by atoms with Crippen molar-refractivity contribution < 1.29 is 4.79 Å². The fourth-order valence-corrected chi connectivity index (χ4v) is 3.34. The van der Waals surface area contributed by atoms with E-state index in [-0.39, 0.29) is 5.24 Å². The first-order valence-electron chi connectivity index (χ1n) is 6.34. The van der Waals surface area contributed by atoms with E-state index in [2.05, 4.69) is 20.8 Å². The Morgan fingerprint density at radius 2 is 1.89 bits per heavy atom. The van der Waals surface area contributed by atoms with Crippen LogP contribution in [0.1, 0.15) is 36.0 Å². The van der Waals surface area contributed by atoms with Crippen molar-refractivity contribution in [3.8, 4) is 0 Å². The average Bonchev–Trinajstić information content (AvgIpc) is 3.09. The highest BCUT2D eigenvalue weighted by Gasteiger charge is 2.44. The quantitative estimate of drug-likeness (QED) is 0.758. The third-order valence-corrected chi connectivity index (χ3v) is 4.99. The third-order valence-electron chi connectivity index (χ3n) is 4.29. The molecule has 1 aromatic carbocycles. The number of carbonyl (C=O) groups excluding carboxylic acids is 1. The standard InChI is InChI=1S/C14H15BrClNO/c15-10-1-2-11(13(16)18)12(9-10)17-7-5-14(3-4-14)6-8-17/h1-2,9H,3-8H2. The van der Waals surface area contributed by atoms with Crippen LogP contribution >= 0.6 is 27.5 Å². The molecule has 1 heterocycles. The van der Waals surface area contributed by atoms with Crippen molar-refractivity contribution in [2.75, 3.05) is 18.0 Å². The number of rotatable bonds is 2. The van der Waals surface area contributed by atoms with E-state index in [0.29, 0.717) is 11.0 Å². The molecule has 1 saturated heterocycles. The van der Waals surface area contributed by atoms with Gasteiger partial charge in [0.25, 0.3) is 5.24 Å². The lowest BCUT2D eigenvalue weighted by Crippen LogP contribution is -2.35. The monoisotopic (exact) mass is 327 g/mol. The molecule has 0 atom stereocenters. The molecule has 1 aromatic rings. The number of halogens is 2. The Labute approximate surface area is 120 Å². The van der Waals surface area contributed by atoms with Gasteiger partial charge in [-0.1, -0.05) is 15.9 Å². The molecule has 0 radical (unpaired) electrons. The summed E-state index contributed by atoms with van der Waals surface area (Å²) in [5.41, 5.74) is 2.24. The molecule has 2 fully saturated rings. The first-order chi connectivity index (χ1) is 8.60. The first kappa shape index (κ1) is 12.5. The van der Waals surface area contributed by atoms with E-state index in [1.54, 1.807) is 6.07 Å². The Morgan fingerprint density at radius 1 is 1.22 bits per heavy atom. The van der Waals surface area contributed by atoms with E-state index >= 15 is 0 Å². The maximum atomic E-state index is 11.5. The van der Waals surface area contributed by atoms with Crippen LogP contribution in [0.5, 0.6) is 0 Å². The van der Waals surface area contributed by atoms with Crippen LogP contribution in [0.4, 0.5) is 5.69 Å². The Bertz CT molecular complexity index is 489. The Morgan fingerprint density at radius 3 is 2.44 bits per heavy atom. The molecule has 0 aromatic heterocycles. The van der Waals surface area contributed by atoms with E-state index in [9.17, 15) is 4.79 Å². The van der Waals surface area contributed by atoms with Crippen LogP contribution in [0.25, 0.3) is 0 Å². The van der Waals surface area contributed by atoms with Gasteiger partial charge in [-0.05, 0) is 60.9 Å². The maximum absolute atomic E-state index is 11.5. The fraction of sp³-hybridized carbons (Fsp3) is 0.500. The van der Waals surface area contributed by atoms with Crippen molar-refractivity contribution in [2.24, 2.45) is 5.41 Å². The molecule has 96 valence electrons. The molecule has 0 amide bonds. The van der Waals surface area contributed by atoms with Crippen LogP contribution in [0.15, 0.2) is 22.7 Å². The predicted molar refractivity (Wildman–Crippen MR) is 77.4 cm³/mol. The summed E-state index contributed by atoms with van der Waals surface area (Å²) < 4.78 is 0.992. The van der Waals surface area contributed by atoms with Gasteiger partial charge in [-0.25, -0.2) is 0 Å². The number of anilines is 1. The van der Waals surface area contributed by atoms with E-state index < -0.39 is 0 Å². The van der Waals surface area contributed by atoms with E-state index in [0.717, 1.165) is 23.2 Å². The minimum atomic E-state index is -0.371. The molecule has 3 rings (SSSR count). The van der Waals surface area contributed by atoms with Gasteiger partial charge in [0.15, 0.2) is 0 Å². The normalized spacial score (nSPS) is 21.1. The van der Waals surface area contributed by atoms with Crippen molar-refractivity contribution in [3.05, 3.63) is 28.2 Å². The third kappa shape index (κ3) is 2.30. The zero-order valence-corrected chi connectivity index (χ0v) is 12.4. The van der Waals surface area contributed by atoms with Crippen LogP contribution in [0.2, 0.25) is 0 Å². The van der Waals surface area contributed by atoms with Gasteiger partial charge in [-0.15, -0.1) is 0 Å². The summed E-state index contributed by atoms with van der Waals surface area (Å²) in [5, 5.41) is -0.371. The second-order valence-corrected chi connectivity index (χ2v) is 6.68. The molecule has 0 unspecified atom stereocenters. The summed E-state index contributed by atoms with van der Waals surface area (Å²) in [4.78, 5) is 13.8. The lowest BCUT2D eigenvalue weighted by Gasteiger charge is -2.34. The molecule has 1 aliphatic carbocycles. The minimum Gasteiger partial charge on any atom is -0.371 e. The van der Waals surface area contributed by atoms with Crippen molar-refractivity contribution >= 4 is 38.5 Å². The summed E-state index contributed by atoms with van der Waals surface area (Å²) in [5.74, 6) is 0. The Balaban J connectivity index is 1.86. The highest BCUT2D eigenvalue weighted by molar-refractivity contribution is 9.10. The van der Waals surface area contributed by atoms with Gasteiger partial charge in [0.2, 0.25) is 0 Å². The SMILES string of the molecule is O=C(Cl)c1ccc(Br)cc1N1CCC2(CC1)CC2. The maximum Gasteiger partial charge on any atom is 0.254 e. The second kappa shape index (κ2) is 4.53. The largest absolute Gasteiger partial charge is 0.371 e. The molecule has 1 aliphatic heterocycles. The van der Waals surface area contributed by atoms with Crippen LogP contribution in [-0.4, -0.2) is 18.3 Å². The lowest BCUT2D eigenvalue weighted by molar-refractivity contribution is 0.108. The lowest BCUT2D eigenvalue weighted by atomic mass is 9.93. The van der Waals surface area contributed by atoms with E-state index in [1.807, 2.05) is 12.1 Å². The van der Waals surface area contributed by atoms with Crippen molar-refractivity contribution in [1.82, 2.24) is 0 Å². The average molecular weight is 329 g/mol. The molecule has 18 heavy (non-hydrogen) atoms. The smallest absolute Gasteiger partial charge is 0.254 e. The summed E-state index contributed by atoms with van der Waals surface area (Å²) in [7, 11) is 0. The number of nitrogens with zero attached hydrogens (tertiary/aromatic N) is 1. The topological polar surface area (TPSA) is 20.3 Å². The predicted octanol–water partition coefficient (Wildman–Crippen LogP) is 4.21. The molecular weight excluding hydrogens is 314 g/mol. The van der Waals surface area contributed by atoms with Gasteiger partial charge < -0.3 is 4.90 Å². The Kier molecular flexibility index (Phi) is 3.15. The van der Waals surface area contributed by atoms with Gasteiger partial charge in [-0.3, -0.25) is 4.79 Å². The van der Waals surface area contributed by atoms with Gasteiger partial charge in [0.1, 0.15) is 0 Å². The molecule has 0 N–H and O–H groups in total. The summed E-state index contributed by atoms with van der Waals surface area (Å²) in [6, 6.07) is 5.67. The molecule has 1 spiro atoms. The van der Waals surface area contributed by atoms with Crippen molar-refractivity contribution in [1.29, 1.82) is 0 Å². The van der Waals surface area contributed by atoms with Crippen LogP contribution in [-0.2, 0) is 0 Å². The molecular formula is C14H15BrClNO. The van der Waals surface area contributed by atoms with Gasteiger partial charge in [0.05, 0.1) is 5.56 Å². The van der Waals surface area contributed by atoms with Crippen LogP contribution < -0.4 is 4.90 Å². The van der Waals surface area contributed by atoms with Crippen LogP contribution in [0.3, 0.4) is 0 Å². The molecule has 2 nitrogen and oxygen atoms in total. The number of piperidine rings is 1. The van der Waals surface area contributed by atoms with Crippen molar-refractivity contribution in [3.63, 3.8) is 0 Å². The Hall–Kier alpha value is -0.540. The molecule has 2 aliphatic rings. The number of benzene rings is 1. The summed E-state index contributed by atoms with van der Waals surface area (Å²) in [6.45, 7) is 2.07. The van der Waals surface area contributed by atoms with E-state index in [1.165, 1.54) is 25.7 Å². The molecule has 4 heteroatoms. The number of carbonyl (C=O) groups is 1.